The fraction of sp³-hybridized carbons (Fsp3) is 0.882. The number of β-amino-alcohol motifs (C(OH)–C–C–N with tert-alkyl or cyclic N) is 1. The van der Waals surface area contributed by atoms with Crippen LogP contribution in [-0.2, 0) is 9.59 Å². The van der Waals surface area contributed by atoms with Crippen molar-refractivity contribution < 1.29 is 30.0 Å². The molecule has 7 heteroatoms. The average Bonchev–Trinajstić information content (AvgIpc) is 2.31. The molecule has 0 amide bonds. The van der Waals surface area contributed by atoms with Crippen molar-refractivity contribution in [3.63, 3.8) is 0 Å². The van der Waals surface area contributed by atoms with Gasteiger partial charge in [0.15, 0.2) is 0 Å². The van der Waals surface area contributed by atoms with Gasteiger partial charge < -0.3 is 20.4 Å². The van der Waals surface area contributed by atoms with Crippen molar-refractivity contribution in [1.29, 1.82) is 0 Å². The molecule has 142 valence electrons. The maximum absolute atomic E-state index is 10.3. The van der Waals surface area contributed by atoms with Crippen molar-refractivity contribution in [1.82, 2.24) is 4.90 Å². The maximum atomic E-state index is 10.3. The van der Waals surface area contributed by atoms with E-state index in [0.29, 0.717) is 6.54 Å². The van der Waals surface area contributed by atoms with Gasteiger partial charge in [0.2, 0.25) is 0 Å². The summed E-state index contributed by atoms with van der Waals surface area (Å²) in [5.41, 5.74) is -1.21. The highest BCUT2D eigenvalue weighted by atomic mass is 16.4. The van der Waals surface area contributed by atoms with Crippen LogP contribution in [0, 0.1) is 5.41 Å². The lowest BCUT2D eigenvalue weighted by molar-refractivity contribution is -0.153. The number of carboxylic acid groups (broad SMARTS) is 2. The van der Waals surface area contributed by atoms with Gasteiger partial charge in [0.25, 0.3) is 0 Å². The highest BCUT2D eigenvalue weighted by Gasteiger charge is 2.44. The largest absolute Gasteiger partial charge is 0.481 e. The number of rotatable bonds is 5. The molecule has 0 aromatic heterocycles. The lowest BCUT2D eigenvalue weighted by Crippen LogP contribution is -2.62. The van der Waals surface area contributed by atoms with Crippen LogP contribution in [0.15, 0.2) is 0 Å². The minimum absolute atomic E-state index is 0.0239. The van der Waals surface area contributed by atoms with Gasteiger partial charge in [-0.15, -0.1) is 0 Å². The van der Waals surface area contributed by atoms with Crippen LogP contribution >= 0.6 is 0 Å². The molecule has 0 saturated carbocycles. The van der Waals surface area contributed by atoms with Crippen LogP contribution in [0.3, 0.4) is 0 Å². The molecule has 4 N–H and O–H groups in total. The van der Waals surface area contributed by atoms with Crippen LogP contribution in [0.1, 0.15) is 60.8 Å². The minimum atomic E-state index is -1.16. The molecule has 1 fully saturated rings. The van der Waals surface area contributed by atoms with Gasteiger partial charge in [-0.1, -0.05) is 0 Å². The molecule has 1 heterocycles. The van der Waals surface area contributed by atoms with Crippen LogP contribution < -0.4 is 0 Å². The van der Waals surface area contributed by atoms with Gasteiger partial charge in [-0.05, 0) is 54.4 Å². The predicted octanol–water partition coefficient (Wildman–Crippen LogP) is 1.56. The Morgan fingerprint density at radius 1 is 1.08 bits per heavy atom. The van der Waals surface area contributed by atoms with Crippen LogP contribution in [-0.4, -0.2) is 67.6 Å². The summed E-state index contributed by atoms with van der Waals surface area (Å²) in [6, 6.07) is 0. The van der Waals surface area contributed by atoms with Crippen LogP contribution in [0.2, 0.25) is 0 Å². The predicted molar refractivity (Wildman–Crippen MR) is 90.9 cm³/mol. The van der Waals surface area contributed by atoms with Gasteiger partial charge in [0, 0.05) is 17.6 Å². The van der Waals surface area contributed by atoms with E-state index in [1.54, 1.807) is 0 Å². The van der Waals surface area contributed by atoms with Gasteiger partial charge in [-0.2, -0.15) is 0 Å². The SMILES string of the molecule is CC(C)(CC(=O)O)C(=O)O.CC1(C)CC(O)CC(C)(C)N1CCO. The Morgan fingerprint density at radius 2 is 1.50 bits per heavy atom. The monoisotopic (exact) mass is 347 g/mol. The summed E-state index contributed by atoms with van der Waals surface area (Å²) in [6.45, 7) is 12.2. The Morgan fingerprint density at radius 3 is 1.75 bits per heavy atom. The van der Waals surface area contributed by atoms with E-state index in [1.165, 1.54) is 13.8 Å². The van der Waals surface area contributed by atoms with Crippen molar-refractivity contribution in [3.8, 4) is 0 Å². The summed E-state index contributed by atoms with van der Waals surface area (Å²) >= 11 is 0. The standard InChI is InChI=1S/C11H23NO2.C6H10O4/c1-10(2)7-9(14)8-11(3,4)12(10)5-6-13;1-6(2,5(9)10)3-4(7)8/h9,13-14H,5-8H2,1-4H3;3H2,1-2H3,(H,7,8)(H,9,10). The number of piperidine rings is 1. The van der Waals surface area contributed by atoms with Gasteiger partial charge in [0.05, 0.1) is 24.5 Å². The topological polar surface area (TPSA) is 118 Å². The molecule has 24 heavy (non-hydrogen) atoms. The van der Waals surface area contributed by atoms with Gasteiger partial charge in [-0.25, -0.2) is 0 Å². The second-order valence-electron chi connectivity index (χ2n) is 8.32. The highest BCUT2D eigenvalue weighted by molar-refractivity contribution is 5.80. The summed E-state index contributed by atoms with van der Waals surface area (Å²) in [5, 5.41) is 35.5. The average molecular weight is 347 g/mol. The zero-order valence-electron chi connectivity index (χ0n) is 15.7. The Hall–Kier alpha value is -1.18. The molecule has 0 aromatic rings. The van der Waals surface area contributed by atoms with E-state index in [9.17, 15) is 14.7 Å². The van der Waals surface area contributed by atoms with E-state index in [0.717, 1.165) is 12.8 Å². The lowest BCUT2D eigenvalue weighted by Gasteiger charge is -2.54. The number of hydrogen-bond donors (Lipinski definition) is 4. The highest BCUT2D eigenvalue weighted by Crippen LogP contribution is 2.37. The summed E-state index contributed by atoms with van der Waals surface area (Å²) in [5.74, 6) is -2.18. The number of nitrogens with zero attached hydrogens (tertiary/aromatic N) is 1. The van der Waals surface area contributed by atoms with Crippen LogP contribution in [0.5, 0.6) is 0 Å². The molecule has 0 aromatic carbocycles. The normalized spacial score (nSPS) is 20.8. The molecule has 0 spiro atoms. The first-order valence-electron chi connectivity index (χ1n) is 8.17. The second-order valence-corrected chi connectivity index (χ2v) is 8.32. The molecule has 0 radical (unpaired) electrons. The third kappa shape index (κ3) is 6.75. The van der Waals surface area contributed by atoms with Crippen molar-refractivity contribution >= 4 is 11.9 Å². The van der Waals surface area contributed by atoms with E-state index < -0.39 is 17.4 Å². The van der Waals surface area contributed by atoms with E-state index in [1.807, 2.05) is 0 Å². The van der Waals surface area contributed by atoms with Gasteiger partial charge in [0.1, 0.15) is 0 Å². The summed E-state index contributed by atoms with van der Waals surface area (Å²) in [7, 11) is 0. The number of aliphatic hydroxyl groups is 2. The summed E-state index contributed by atoms with van der Waals surface area (Å²) < 4.78 is 0. The fourth-order valence-corrected chi connectivity index (χ4v) is 3.42. The number of aliphatic hydroxyl groups excluding tert-OH is 2. The van der Waals surface area contributed by atoms with E-state index in [-0.39, 0.29) is 30.2 Å². The number of hydrogen-bond acceptors (Lipinski definition) is 5. The second kappa shape index (κ2) is 8.27. The molecule has 0 aliphatic carbocycles. The third-order valence-electron chi connectivity index (χ3n) is 4.43. The summed E-state index contributed by atoms with van der Waals surface area (Å²) in [6.07, 6.45) is 1.02. The fourth-order valence-electron chi connectivity index (χ4n) is 3.42. The lowest BCUT2D eigenvalue weighted by atomic mass is 9.78. The van der Waals surface area contributed by atoms with Crippen LogP contribution in [0.25, 0.3) is 0 Å². The van der Waals surface area contributed by atoms with Crippen molar-refractivity contribution in [2.24, 2.45) is 5.41 Å². The number of aliphatic carboxylic acids is 2. The Kier molecular flexibility index (Phi) is 7.86. The quantitative estimate of drug-likeness (QED) is 0.596. The number of likely N-dealkylation sites (tertiary alicyclic amines) is 1. The first-order chi connectivity index (χ1) is 10.7. The third-order valence-corrected chi connectivity index (χ3v) is 4.43. The molecule has 1 aliphatic rings. The first-order valence-corrected chi connectivity index (χ1v) is 8.17. The zero-order chi connectivity index (χ0) is 19.3. The van der Waals surface area contributed by atoms with E-state index in [2.05, 4.69) is 32.6 Å². The molecule has 0 unspecified atom stereocenters. The smallest absolute Gasteiger partial charge is 0.309 e. The number of carboxylic acids is 2. The Balaban J connectivity index is 0.000000470. The molecular weight excluding hydrogens is 314 g/mol. The van der Waals surface area contributed by atoms with E-state index >= 15 is 0 Å². The van der Waals surface area contributed by atoms with Crippen molar-refractivity contribution in [3.05, 3.63) is 0 Å². The maximum Gasteiger partial charge on any atom is 0.309 e. The first kappa shape index (κ1) is 22.8. The van der Waals surface area contributed by atoms with Gasteiger partial charge in [-0.3, -0.25) is 14.5 Å². The molecular formula is C17H33NO6. The molecule has 0 atom stereocenters. The molecule has 0 bridgehead atoms. The van der Waals surface area contributed by atoms with Crippen molar-refractivity contribution in [2.45, 2.75) is 78.0 Å². The van der Waals surface area contributed by atoms with Crippen LogP contribution in [0.4, 0.5) is 0 Å². The Labute approximate surface area is 144 Å². The minimum Gasteiger partial charge on any atom is -0.481 e. The van der Waals surface area contributed by atoms with E-state index in [4.69, 9.17) is 15.3 Å². The van der Waals surface area contributed by atoms with Crippen molar-refractivity contribution in [2.75, 3.05) is 13.2 Å². The molecule has 7 nitrogen and oxygen atoms in total. The number of carbonyl (C=O) groups is 2. The molecule has 1 rings (SSSR count). The molecule has 1 aliphatic heterocycles. The zero-order valence-corrected chi connectivity index (χ0v) is 15.7. The summed E-state index contributed by atoms with van der Waals surface area (Å²) in [4.78, 5) is 22.6. The van der Waals surface area contributed by atoms with Gasteiger partial charge >= 0.3 is 11.9 Å². The molecule has 1 saturated heterocycles. The Bertz CT molecular complexity index is 426.